The standard InChI is InChI=1S/C27H25N3O/c31-27-24-19-29(18-21-10-4-1-5-11-21)17-16-25(24)28-20-30(27)26(22-12-6-2-7-13-22)23-14-8-3-9-15-23/h1-15,20,26H,16-19H2. The molecule has 0 spiro atoms. The van der Waals surface area contributed by atoms with Gasteiger partial charge in [0.2, 0.25) is 0 Å². The minimum atomic E-state index is -0.197. The third-order valence-electron chi connectivity index (χ3n) is 5.98. The van der Waals surface area contributed by atoms with E-state index in [0.717, 1.165) is 41.9 Å². The number of nitrogens with zero attached hydrogens (tertiary/aromatic N) is 3. The molecular formula is C27H25N3O. The first-order valence-corrected chi connectivity index (χ1v) is 10.7. The van der Waals surface area contributed by atoms with Gasteiger partial charge in [0.1, 0.15) is 0 Å². The van der Waals surface area contributed by atoms with Crippen LogP contribution < -0.4 is 5.56 Å². The fourth-order valence-electron chi connectivity index (χ4n) is 4.43. The molecule has 154 valence electrons. The Bertz CT molecular complexity index is 1160. The van der Waals surface area contributed by atoms with Crippen LogP contribution in [0, 0.1) is 0 Å². The Morgan fingerprint density at radius 2 is 1.39 bits per heavy atom. The molecule has 1 aliphatic heterocycles. The smallest absolute Gasteiger partial charge is 0.258 e. The summed E-state index contributed by atoms with van der Waals surface area (Å²) in [6, 6.07) is 30.6. The summed E-state index contributed by atoms with van der Waals surface area (Å²) >= 11 is 0. The second-order valence-corrected chi connectivity index (χ2v) is 8.05. The molecule has 4 heteroatoms. The highest BCUT2D eigenvalue weighted by Gasteiger charge is 2.25. The van der Waals surface area contributed by atoms with Gasteiger partial charge in [-0.3, -0.25) is 14.3 Å². The molecule has 0 N–H and O–H groups in total. The summed E-state index contributed by atoms with van der Waals surface area (Å²) in [5.41, 5.74) is 5.23. The topological polar surface area (TPSA) is 38.1 Å². The highest BCUT2D eigenvalue weighted by molar-refractivity contribution is 5.34. The van der Waals surface area contributed by atoms with Crippen LogP contribution in [0.25, 0.3) is 0 Å². The summed E-state index contributed by atoms with van der Waals surface area (Å²) in [4.78, 5) is 20.8. The molecule has 1 aliphatic rings. The van der Waals surface area contributed by atoms with Gasteiger partial charge in [-0.15, -0.1) is 0 Å². The van der Waals surface area contributed by atoms with E-state index < -0.39 is 0 Å². The fraction of sp³-hybridized carbons (Fsp3) is 0.185. The molecule has 0 saturated carbocycles. The van der Waals surface area contributed by atoms with Crippen molar-refractivity contribution in [3.63, 3.8) is 0 Å². The molecule has 3 aromatic carbocycles. The molecule has 0 aliphatic carbocycles. The molecule has 0 unspecified atom stereocenters. The maximum Gasteiger partial charge on any atom is 0.258 e. The van der Waals surface area contributed by atoms with E-state index in [4.69, 9.17) is 4.98 Å². The Balaban J connectivity index is 1.53. The molecule has 0 bridgehead atoms. The average Bonchev–Trinajstić information content (AvgIpc) is 2.83. The number of hydrogen-bond donors (Lipinski definition) is 0. The van der Waals surface area contributed by atoms with Crippen molar-refractivity contribution in [2.24, 2.45) is 0 Å². The number of fused-ring (bicyclic) bond motifs is 1. The molecule has 0 fully saturated rings. The average molecular weight is 408 g/mol. The van der Waals surface area contributed by atoms with Gasteiger partial charge in [-0.25, -0.2) is 4.98 Å². The summed E-state index contributed by atoms with van der Waals surface area (Å²) < 4.78 is 1.80. The Morgan fingerprint density at radius 3 is 2.00 bits per heavy atom. The van der Waals surface area contributed by atoms with Crippen LogP contribution in [0.2, 0.25) is 0 Å². The second kappa shape index (κ2) is 8.70. The van der Waals surface area contributed by atoms with Crippen LogP contribution in [0.1, 0.15) is 34.0 Å². The largest absolute Gasteiger partial charge is 0.294 e. The van der Waals surface area contributed by atoms with E-state index in [9.17, 15) is 4.79 Å². The minimum Gasteiger partial charge on any atom is -0.294 e. The Kier molecular flexibility index (Phi) is 5.46. The molecule has 31 heavy (non-hydrogen) atoms. The van der Waals surface area contributed by atoms with E-state index in [-0.39, 0.29) is 11.6 Å². The van der Waals surface area contributed by atoms with Crippen molar-refractivity contribution < 1.29 is 0 Å². The van der Waals surface area contributed by atoms with Crippen LogP contribution >= 0.6 is 0 Å². The van der Waals surface area contributed by atoms with Gasteiger partial charge < -0.3 is 0 Å². The summed E-state index contributed by atoms with van der Waals surface area (Å²) in [7, 11) is 0. The SMILES string of the molecule is O=c1c2c(ncn1C(c1ccccc1)c1ccccc1)CCN(Cc1ccccc1)C2. The highest BCUT2D eigenvalue weighted by atomic mass is 16.1. The van der Waals surface area contributed by atoms with Gasteiger partial charge in [0.25, 0.3) is 5.56 Å². The summed E-state index contributed by atoms with van der Waals surface area (Å²) in [6.45, 7) is 2.39. The molecule has 2 heterocycles. The zero-order chi connectivity index (χ0) is 21.0. The lowest BCUT2D eigenvalue weighted by Gasteiger charge is -2.29. The van der Waals surface area contributed by atoms with Crippen molar-refractivity contribution in [2.45, 2.75) is 25.6 Å². The van der Waals surface area contributed by atoms with Crippen LogP contribution in [-0.4, -0.2) is 21.0 Å². The predicted molar refractivity (Wildman–Crippen MR) is 123 cm³/mol. The van der Waals surface area contributed by atoms with Gasteiger partial charge in [-0.1, -0.05) is 91.0 Å². The maximum atomic E-state index is 13.7. The van der Waals surface area contributed by atoms with Gasteiger partial charge in [0.15, 0.2) is 0 Å². The first-order valence-electron chi connectivity index (χ1n) is 10.7. The third kappa shape index (κ3) is 4.07. The fourth-order valence-corrected chi connectivity index (χ4v) is 4.43. The number of aromatic nitrogens is 2. The molecule has 0 saturated heterocycles. The predicted octanol–water partition coefficient (Wildman–Crippen LogP) is 4.44. The maximum absolute atomic E-state index is 13.7. The zero-order valence-corrected chi connectivity index (χ0v) is 17.4. The highest BCUT2D eigenvalue weighted by Crippen LogP contribution is 2.26. The Hall–Kier alpha value is -3.50. The minimum absolute atomic E-state index is 0.0560. The number of hydrogen-bond acceptors (Lipinski definition) is 3. The second-order valence-electron chi connectivity index (χ2n) is 8.05. The lowest BCUT2D eigenvalue weighted by molar-refractivity contribution is 0.240. The van der Waals surface area contributed by atoms with Crippen LogP contribution in [0.5, 0.6) is 0 Å². The van der Waals surface area contributed by atoms with Gasteiger partial charge >= 0.3 is 0 Å². The molecule has 0 atom stereocenters. The molecule has 4 nitrogen and oxygen atoms in total. The summed E-state index contributed by atoms with van der Waals surface area (Å²) in [5, 5.41) is 0. The van der Waals surface area contributed by atoms with Crippen molar-refractivity contribution in [3.05, 3.63) is 136 Å². The summed E-state index contributed by atoms with van der Waals surface area (Å²) in [5.74, 6) is 0. The number of benzene rings is 3. The van der Waals surface area contributed by atoms with E-state index in [1.165, 1.54) is 5.56 Å². The molecular weight excluding hydrogens is 382 g/mol. The van der Waals surface area contributed by atoms with E-state index in [2.05, 4.69) is 53.4 Å². The Morgan fingerprint density at radius 1 is 0.806 bits per heavy atom. The van der Waals surface area contributed by atoms with E-state index in [0.29, 0.717) is 6.54 Å². The molecule has 4 aromatic rings. The van der Waals surface area contributed by atoms with Crippen molar-refractivity contribution in [3.8, 4) is 0 Å². The molecule has 0 amide bonds. The quantitative estimate of drug-likeness (QED) is 0.491. The van der Waals surface area contributed by atoms with Crippen molar-refractivity contribution >= 4 is 0 Å². The normalized spacial score (nSPS) is 13.8. The van der Waals surface area contributed by atoms with Crippen LogP contribution in [0.15, 0.2) is 102 Å². The Labute approximate surface area is 182 Å². The first kappa shape index (κ1) is 19.5. The van der Waals surface area contributed by atoms with Crippen LogP contribution in [0.4, 0.5) is 0 Å². The molecule has 0 radical (unpaired) electrons. The van der Waals surface area contributed by atoms with E-state index in [1.54, 1.807) is 10.9 Å². The van der Waals surface area contributed by atoms with Crippen LogP contribution in [0.3, 0.4) is 0 Å². The third-order valence-corrected chi connectivity index (χ3v) is 5.98. The van der Waals surface area contributed by atoms with Crippen molar-refractivity contribution in [1.29, 1.82) is 0 Å². The number of rotatable bonds is 5. The summed E-state index contributed by atoms with van der Waals surface area (Å²) in [6.07, 6.45) is 2.54. The van der Waals surface area contributed by atoms with Crippen molar-refractivity contribution in [1.82, 2.24) is 14.5 Å². The van der Waals surface area contributed by atoms with Gasteiger partial charge in [-0.2, -0.15) is 0 Å². The molecule has 5 rings (SSSR count). The lowest BCUT2D eigenvalue weighted by Crippen LogP contribution is -2.38. The molecule has 1 aromatic heterocycles. The van der Waals surface area contributed by atoms with Gasteiger partial charge in [0, 0.05) is 26.1 Å². The van der Waals surface area contributed by atoms with Gasteiger partial charge in [0.05, 0.1) is 23.6 Å². The van der Waals surface area contributed by atoms with Gasteiger partial charge in [-0.05, 0) is 16.7 Å². The van der Waals surface area contributed by atoms with Crippen LogP contribution in [-0.2, 0) is 19.5 Å². The lowest BCUT2D eigenvalue weighted by atomic mass is 9.98. The first-order chi connectivity index (χ1) is 15.3. The van der Waals surface area contributed by atoms with Crippen molar-refractivity contribution in [2.75, 3.05) is 6.54 Å². The monoisotopic (exact) mass is 407 g/mol. The van der Waals surface area contributed by atoms with E-state index >= 15 is 0 Å². The van der Waals surface area contributed by atoms with E-state index in [1.807, 2.05) is 42.5 Å². The zero-order valence-electron chi connectivity index (χ0n) is 17.4.